The number of para-hydroxylation sites is 1. The average Bonchev–Trinajstić information content (AvgIpc) is 3.14. The number of carbonyl (C=O) groups excluding carboxylic acids is 1. The van der Waals surface area contributed by atoms with E-state index >= 15 is 0 Å². The third-order valence-corrected chi connectivity index (χ3v) is 4.11. The van der Waals surface area contributed by atoms with E-state index in [0.717, 1.165) is 5.69 Å². The predicted molar refractivity (Wildman–Crippen MR) is 79.8 cm³/mol. The summed E-state index contributed by atoms with van der Waals surface area (Å²) in [5.41, 5.74) is 1.30. The Morgan fingerprint density at radius 1 is 1.23 bits per heavy atom. The summed E-state index contributed by atoms with van der Waals surface area (Å²) in [4.78, 5) is 29.5. The zero-order valence-corrected chi connectivity index (χ0v) is 12.2. The van der Waals surface area contributed by atoms with Gasteiger partial charge in [0.2, 0.25) is 0 Å². The Labute approximate surface area is 128 Å². The number of likely N-dealkylation sites (tertiary alicyclic amines) is 1. The first kappa shape index (κ1) is 14.3. The van der Waals surface area contributed by atoms with Crippen molar-refractivity contribution >= 4 is 11.9 Å². The SMILES string of the molecule is C[C@@H]1CN(C(=O)c2cncn2-c2ccccc2)C[C@H]1C(=O)O. The number of nitrogens with zero attached hydrogens (tertiary/aromatic N) is 3. The molecule has 0 unspecified atom stereocenters. The fraction of sp³-hybridized carbons (Fsp3) is 0.312. The molecule has 0 spiro atoms. The van der Waals surface area contributed by atoms with Crippen LogP contribution in [0, 0.1) is 11.8 Å². The predicted octanol–water partition coefficient (Wildman–Crippen LogP) is 1.67. The summed E-state index contributed by atoms with van der Waals surface area (Å²) in [6, 6.07) is 9.47. The number of hydrogen-bond acceptors (Lipinski definition) is 3. The van der Waals surface area contributed by atoms with Gasteiger partial charge in [0.05, 0.1) is 18.4 Å². The summed E-state index contributed by atoms with van der Waals surface area (Å²) in [6.45, 7) is 2.56. The Bertz CT molecular complexity index is 696. The Kier molecular flexibility index (Phi) is 3.66. The number of aromatic nitrogens is 2. The maximum absolute atomic E-state index is 12.7. The van der Waals surface area contributed by atoms with Crippen LogP contribution in [0.4, 0.5) is 0 Å². The molecule has 0 aliphatic carbocycles. The van der Waals surface area contributed by atoms with Gasteiger partial charge in [0.1, 0.15) is 5.69 Å². The van der Waals surface area contributed by atoms with Crippen molar-refractivity contribution in [1.82, 2.24) is 14.5 Å². The summed E-state index contributed by atoms with van der Waals surface area (Å²) in [5.74, 6) is -1.58. The molecular formula is C16H17N3O3. The minimum atomic E-state index is -0.848. The molecule has 0 radical (unpaired) electrons. The number of carboxylic acids is 1. The lowest BCUT2D eigenvalue weighted by Crippen LogP contribution is -2.31. The zero-order chi connectivity index (χ0) is 15.7. The van der Waals surface area contributed by atoms with Crippen molar-refractivity contribution in [2.24, 2.45) is 11.8 Å². The molecule has 1 fully saturated rings. The van der Waals surface area contributed by atoms with Crippen LogP contribution in [0.25, 0.3) is 5.69 Å². The van der Waals surface area contributed by atoms with Crippen LogP contribution in [0.1, 0.15) is 17.4 Å². The molecule has 1 amide bonds. The highest BCUT2D eigenvalue weighted by atomic mass is 16.4. The van der Waals surface area contributed by atoms with Gasteiger partial charge in [0.25, 0.3) is 5.91 Å². The van der Waals surface area contributed by atoms with E-state index < -0.39 is 11.9 Å². The van der Waals surface area contributed by atoms with Gasteiger partial charge in [-0.25, -0.2) is 4.98 Å². The first-order valence-electron chi connectivity index (χ1n) is 7.17. The summed E-state index contributed by atoms with van der Waals surface area (Å²) in [7, 11) is 0. The van der Waals surface area contributed by atoms with Gasteiger partial charge < -0.3 is 10.0 Å². The smallest absolute Gasteiger partial charge is 0.308 e. The Balaban J connectivity index is 1.86. The monoisotopic (exact) mass is 299 g/mol. The lowest BCUT2D eigenvalue weighted by molar-refractivity contribution is -0.142. The second-order valence-corrected chi connectivity index (χ2v) is 5.62. The Morgan fingerprint density at radius 2 is 1.95 bits per heavy atom. The number of carbonyl (C=O) groups is 2. The summed E-state index contributed by atoms with van der Waals surface area (Å²) in [5, 5.41) is 9.19. The molecule has 22 heavy (non-hydrogen) atoms. The van der Waals surface area contributed by atoms with Crippen molar-refractivity contribution < 1.29 is 14.7 Å². The van der Waals surface area contributed by atoms with E-state index in [2.05, 4.69) is 4.98 Å². The molecule has 2 aromatic rings. The molecule has 1 aliphatic heterocycles. The van der Waals surface area contributed by atoms with Gasteiger partial charge in [-0.1, -0.05) is 25.1 Å². The van der Waals surface area contributed by atoms with E-state index in [1.807, 2.05) is 37.3 Å². The molecule has 2 atom stereocenters. The van der Waals surface area contributed by atoms with Crippen molar-refractivity contribution in [3.05, 3.63) is 48.5 Å². The Morgan fingerprint density at radius 3 is 2.59 bits per heavy atom. The molecule has 2 heterocycles. The van der Waals surface area contributed by atoms with Crippen molar-refractivity contribution in [2.75, 3.05) is 13.1 Å². The molecule has 1 N–H and O–H groups in total. The number of imidazole rings is 1. The molecule has 6 heteroatoms. The van der Waals surface area contributed by atoms with E-state index in [1.165, 1.54) is 6.20 Å². The van der Waals surface area contributed by atoms with E-state index in [1.54, 1.807) is 15.8 Å². The quantitative estimate of drug-likeness (QED) is 0.935. The highest BCUT2D eigenvalue weighted by Gasteiger charge is 2.37. The largest absolute Gasteiger partial charge is 0.481 e. The van der Waals surface area contributed by atoms with Crippen molar-refractivity contribution in [1.29, 1.82) is 0 Å². The maximum atomic E-state index is 12.7. The number of carboxylic acid groups (broad SMARTS) is 1. The normalized spacial score (nSPS) is 21.0. The van der Waals surface area contributed by atoms with E-state index in [9.17, 15) is 14.7 Å². The molecule has 1 saturated heterocycles. The standard InChI is InChI=1S/C16H17N3O3/c1-11-8-18(9-13(11)16(21)22)15(20)14-7-17-10-19(14)12-5-3-2-4-6-12/h2-7,10-11,13H,8-9H2,1H3,(H,21,22)/t11-,13-/m1/s1. The second kappa shape index (κ2) is 5.63. The van der Waals surface area contributed by atoms with Crippen LogP contribution in [-0.4, -0.2) is 44.5 Å². The molecular weight excluding hydrogens is 282 g/mol. The number of amides is 1. The lowest BCUT2D eigenvalue weighted by atomic mass is 9.99. The van der Waals surface area contributed by atoms with Crippen LogP contribution in [0.2, 0.25) is 0 Å². The number of aliphatic carboxylic acids is 1. The van der Waals surface area contributed by atoms with Crippen LogP contribution < -0.4 is 0 Å². The first-order chi connectivity index (χ1) is 10.6. The fourth-order valence-corrected chi connectivity index (χ4v) is 2.86. The number of rotatable bonds is 3. The van der Waals surface area contributed by atoms with Crippen molar-refractivity contribution in [3.63, 3.8) is 0 Å². The second-order valence-electron chi connectivity index (χ2n) is 5.62. The molecule has 1 aromatic carbocycles. The van der Waals surface area contributed by atoms with Crippen molar-refractivity contribution in [2.45, 2.75) is 6.92 Å². The molecule has 1 aromatic heterocycles. The van der Waals surface area contributed by atoms with Crippen LogP contribution in [0.3, 0.4) is 0 Å². The third-order valence-electron chi connectivity index (χ3n) is 4.11. The fourth-order valence-electron chi connectivity index (χ4n) is 2.86. The van der Waals surface area contributed by atoms with Crippen LogP contribution >= 0.6 is 0 Å². The van der Waals surface area contributed by atoms with Gasteiger partial charge in [-0.05, 0) is 18.1 Å². The molecule has 0 bridgehead atoms. The van der Waals surface area contributed by atoms with Gasteiger partial charge in [-0.15, -0.1) is 0 Å². The third kappa shape index (κ3) is 2.47. The highest BCUT2D eigenvalue weighted by Crippen LogP contribution is 2.25. The molecule has 0 saturated carbocycles. The lowest BCUT2D eigenvalue weighted by Gasteiger charge is -2.17. The Hall–Kier alpha value is -2.63. The van der Waals surface area contributed by atoms with Crippen LogP contribution in [-0.2, 0) is 4.79 Å². The molecule has 3 rings (SSSR count). The minimum Gasteiger partial charge on any atom is -0.481 e. The summed E-state index contributed by atoms with van der Waals surface area (Å²) < 4.78 is 1.72. The maximum Gasteiger partial charge on any atom is 0.308 e. The van der Waals surface area contributed by atoms with Gasteiger partial charge in [0, 0.05) is 18.8 Å². The number of hydrogen-bond donors (Lipinski definition) is 1. The van der Waals surface area contributed by atoms with Gasteiger partial charge in [-0.2, -0.15) is 0 Å². The average molecular weight is 299 g/mol. The number of benzene rings is 1. The van der Waals surface area contributed by atoms with E-state index in [0.29, 0.717) is 12.2 Å². The highest BCUT2D eigenvalue weighted by molar-refractivity contribution is 5.93. The van der Waals surface area contributed by atoms with Gasteiger partial charge in [-0.3, -0.25) is 14.2 Å². The summed E-state index contributed by atoms with van der Waals surface area (Å²) >= 11 is 0. The first-order valence-corrected chi connectivity index (χ1v) is 7.17. The van der Waals surface area contributed by atoms with E-state index in [-0.39, 0.29) is 18.4 Å². The summed E-state index contributed by atoms with van der Waals surface area (Å²) in [6.07, 6.45) is 3.12. The zero-order valence-electron chi connectivity index (χ0n) is 12.2. The molecule has 1 aliphatic rings. The molecule has 114 valence electrons. The van der Waals surface area contributed by atoms with Gasteiger partial charge >= 0.3 is 5.97 Å². The minimum absolute atomic E-state index is 0.0467. The van der Waals surface area contributed by atoms with Crippen LogP contribution in [0.15, 0.2) is 42.9 Å². The van der Waals surface area contributed by atoms with E-state index in [4.69, 9.17) is 0 Å². The van der Waals surface area contributed by atoms with Crippen molar-refractivity contribution in [3.8, 4) is 5.69 Å². The van der Waals surface area contributed by atoms with Crippen LogP contribution in [0.5, 0.6) is 0 Å². The topological polar surface area (TPSA) is 75.4 Å². The molecule has 6 nitrogen and oxygen atoms in total. The van der Waals surface area contributed by atoms with Gasteiger partial charge in [0.15, 0.2) is 0 Å².